The number of thiazole rings is 1. The Kier molecular flexibility index (Phi) is 6.28. The van der Waals surface area contributed by atoms with Crippen LogP contribution in [0.15, 0.2) is 82.9 Å². The van der Waals surface area contributed by atoms with Crippen molar-refractivity contribution in [2.45, 2.75) is 22.7 Å². The van der Waals surface area contributed by atoms with Crippen LogP contribution in [-0.2, 0) is 20.9 Å². The van der Waals surface area contributed by atoms with E-state index in [0.29, 0.717) is 21.2 Å². The van der Waals surface area contributed by atoms with E-state index in [2.05, 4.69) is 10.3 Å². The number of aromatic hydroxyl groups is 1. The van der Waals surface area contributed by atoms with Crippen molar-refractivity contribution in [2.24, 2.45) is 5.92 Å². The molecular formula is C27H19FN4O5S2. The van der Waals surface area contributed by atoms with Crippen molar-refractivity contribution in [3.63, 3.8) is 0 Å². The molecule has 1 fully saturated rings. The minimum Gasteiger partial charge on any atom is -0.508 e. The molecule has 39 heavy (non-hydrogen) atoms. The molecule has 0 radical (unpaired) electrons. The van der Waals surface area contributed by atoms with Crippen molar-refractivity contribution in [1.29, 1.82) is 0 Å². The number of anilines is 2. The van der Waals surface area contributed by atoms with Gasteiger partial charge in [-0.1, -0.05) is 29.2 Å². The van der Waals surface area contributed by atoms with E-state index in [4.69, 9.17) is 0 Å². The third-order valence-corrected chi connectivity index (χ3v) is 9.23. The lowest BCUT2D eigenvalue weighted by molar-refractivity contribution is -0.122. The van der Waals surface area contributed by atoms with Crippen molar-refractivity contribution in [1.82, 2.24) is 9.55 Å². The van der Waals surface area contributed by atoms with Crippen LogP contribution in [0.4, 0.5) is 15.8 Å². The first-order chi connectivity index (χ1) is 18.8. The zero-order valence-electron chi connectivity index (χ0n) is 20.0. The van der Waals surface area contributed by atoms with Crippen molar-refractivity contribution in [3.8, 4) is 5.75 Å². The number of rotatable bonds is 5. The highest BCUT2D eigenvalue weighted by atomic mass is 32.2. The number of carbonyl (C=O) groups is 3. The number of benzene rings is 2. The number of fused-ring (bicyclic) bond motifs is 2. The highest BCUT2D eigenvalue weighted by Crippen LogP contribution is 2.53. The Hall–Kier alpha value is -4.29. The largest absolute Gasteiger partial charge is 0.508 e. The summed E-state index contributed by atoms with van der Waals surface area (Å²) >= 11 is 2.03. The fourth-order valence-electron chi connectivity index (χ4n) is 4.91. The Morgan fingerprint density at radius 2 is 1.77 bits per heavy atom. The Bertz CT molecular complexity index is 1650. The number of carbonyl (C=O) groups excluding carboxylic acids is 3. The summed E-state index contributed by atoms with van der Waals surface area (Å²) in [6, 6.07) is 14.6. The van der Waals surface area contributed by atoms with Crippen LogP contribution in [0.3, 0.4) is 0 Å². The van der Waals surface area contributed by atoms with Gasteiger partial charge in [-0.2, -0.15) is 0 Å². The Morgan fingerprint density at radius 1 is 1.03 bits per heavy atom. The van der Waals surface area contributed by atoms with Gasteiger partial charge >= 0.3 is 4.87 Å². The van der Waals surface area contributed by atoms with Gasteiger partial charge in [0.05, 0.1) is 16.6 Å². The van der Waals surface area contributed by atoms with E-state index in [1.54, 1.807) is 24.5 Å². The van der Waals surface area contributed by atoms with E-state index in [9.17, 15) is 28.7 Å². The lowest BCUT2D eigenvalue weighted by Gasteiger charge is -2.30. The molecule has 4 aromatic rings. The molecule has 2 aromatic carbocycles. The molecule has 0 saturated carbocycles. The number of halogens is 1. The van der Waals surface area contributed by atoms with E-state index in [-0.39, 0.29) is 18.0 Å². The molecule has 0 bridgehead atoms. The molecule has 0 spiro atoms. The third kappa shape index (κ3) is 4.41. The average molecular weight is 563 g/mol. The summed E-state index contributed by atoms with van der Waals surface area (Å²) < 4.78 is 14.9. The predicted molar refractivity (Wildman–Crippen MR) is 143 cm³/mol. The average Bonchev–Trinajstić information content (AvgIpc) is 3.37. The number of hydrogen-bond donors (Lipinski definition) is 2. The Morgan fingerprint density at radius 3 is 2.46 bits per heavy atom. The molecule has 6 rings (SSSR count). The molecule has 2 N–H and O–H groups in total. The first-order valence-corrected chi connectivity index (χ1v) is 13.5. The molecule has 1 saturated heterocycles. The molecule has 196 valence electrons. The number of phenolic OH excluding ortho intramolecular Hbond substituents is 1. The van der Waals surface area contributed by atoms with E-state index < -0.39 is 45.5 Å². The smallest absolute Gasteiger partial charge is 0.308 e. The lowest BCUT2D eigenvalue weighted by Crippen LogP contribution is -2.33. The number of pyridine rings is 1. The number of hydrogen-bond acceptors (Lipinski definition) is 8. The highest BCUT2D eigenvalue weighted by Gasteiger charge is 2.56. The summed E-state index contributed by atoms with van der Waals surface area (Å²) in [5, 5.41) is 11.8. The van der Waals surface area contributed by atoms with Gasteiger partial charge in [0.2, 0.25) is 17.7 Å². The molecule has 12 heteroatoms. The molecule has 3 amide bonds. The second kappa shape index (κ2) is 9.79. The van der Waals surface area contributed by atoms with Gasteiger partial charge in [0.1, 0.15) is 23.4 Å². The first-order valence-electron chi connectivity index (χ1n) is 11.8. The number of nitrogens with zero attached hydrogens (tertiary/aromatic N) is 3. The van der Waals surface area contributed by atoms with Gasteiger partial charge in [-0.15, -0.1) is 0 Å². The molecule has 2 aliphatic heterocycles. The fourth-order valence-corrected chi connectivity index (χ4v) is 7.68. The van der Waals surface area contributed by atoms with Crippen LogP contribution in [0, 0.1) is 11.7 Å². The molecular weight excluding hydrogens is 543 g/mol. The van der Waals surface area contributed by atoms with Crippen LogP contribution in [0.2, 0.25) is 0 Å². The third-order valence-electron chi connectivity index (χ3n) is 6.63. The van der Waals surface area contributed by atoms with Crippen LogP contribution < -0.4 is 15.1 Å². The summed E-state index contributed by atoms with van der Waals surface area (Å²) in [7, 11) is 0. The van der Waals surface area contributed by atoms with Gasteiger partial charge in [-0.05, 0) is 60.2 Å². The minimum absolute atomic E-state index is 0.0500. The maximum absolute atomic E-state index is 13.7. The topological polar surface area (TPSA) is 122 Å². The lowest BCUT2D eigenvalue weighted by atomic mass is 9.84. The summed E-state index contributed by atoms with van der Waals surface area (Å²) in [6.45, 7) is -0.306. The Balaban J connectivity index is 1.39. The maximum Gasteiger partial charge on any atom is 0.308 e. The minimum atomic E-state index is -0.860. The zero-order chi connectivity index (χ0) is 27.3. The van der Waals surface area contributed by atoms with Crippen LogP contribution >= 0.6 is 23.1 Å². The SMILES string of the molecule is O=C(Cn1c2c(sc1=O)[C@@H](c1cccnc1)[C@@H]1C(=O)N(c3ccc(F)cc3)C(=O)[C@@H]1S2)Nc1ccc(O)cc1. The summed E-state index contributed by atoms with van der Waals surface area (Å²) in [6.07, 6.45) is 3.19. The standard InChI is InChI=1S/C27H19FN4O5S2/c28-15-3-7-17(8-4-15)32-24(35)21-20(14-2-1-11-29-12-14)23-26(38-22(21)25(32)36)31(27(37)39-23)13-19(34)30-16-5-9-18(33)10-6-16/h1-12,20-22,33H,13H2,(H,30,34)/t20-,21-,22+/m0/s1. The monoisotopic (exact) mass is 562 g/mol. The second-order valence-electron chi connectivity index (χ2n) is 9.04. The first kappa shape index (κ1) is 25.0. The summed E-state index contributed by atoms with van der Waals surface area (Å²) in [5.74, 6) is -3.28. The number of amides is 3. The van der Waals surface area contributed by atoms with Gasteiger partial charge < -0.3 is 10.4 Å². The fraction of sp³-hybridized carbons (Fsp3) is 0.148. The Labute approximate surface area is 228 Å². The van der Waals surface area contributed by atoms with Crippen LogP contribution in [-0.4, -0.2) is 37.6 Å². The van der Waals surface area contributed by atoms with E-state index in [1.165, 1.54) is 53.1 Å². The number of thioether (sulfide) groups is 1. The van der Waals surface area contributed by atoms with Crippen LogP contribution in [0.5, 0.6) is 5.75 Å². The number of nitrogens with one attached hydrogen (secondary N) is 1. The normalized spacial score (nSPS) is 20.0. The number of imide groups is 1. The van der Waals surface area contributed by atoms with Crippen molar-refractivity contribution >= 4 is 52.2 Å². The zero-order valence-corrected chi connectivity index (χ0v) is 21.6. The quantitative estimate of drug-likeness (QED) is 0.282. The van der Waals surface area contributed by atoms with Gasteiger partial charge in [-0.3, -0.25) is 28.7 Å². The maximum atomic E-state index is 13.7. The van der Waals surface area contributed by atoms with Gasteiger partial charge in [0.25, 0.3) is 0 Å². The van der Waals surface area contributed by atoms with E-state index >= 15 is 0 Å². The molecule has 2 aromatic heterocycles. The molecule has 2 aliphatic rings. The highest BCUT2D eigenvalue weighted by molar-refractivity contribution is 8.00. The van der Waals surface area contributed by atoms with Gasteiger partial charge in [0, 0.05) is 28.9 Å². The van der Waals surface area contributed by atoms with E-state index in [1.807, 2.05) is 0 Å². The summed E-state index contributed by atoms with van der Waals surface area (Å²) in [5.41, 5.74) is 1.38. The molecule has 9 nitrogen and oxygen atoms in total. The van der Waals surface area contributed by atoms with E-state index in [0.717, 1.165) is 28.0 Å². The van der Waals surface area contributed by atoms with Crippen molar-refractivity contribution in [3.05, 3.63) is 99.0 Å². The van der Waals surface area contributed by atoms with Crippen LogP contribution in [0.25, 0.3) is 0 Å². The number of phenols is 1. The van der Waals surface area contributed by atoms with Crippen LogP contribution in [0.1, 0.15) is 16.4 Å². The van der Waals surface area contributed by atoms with Gasteiger partial charge in [-0.25, -0.2) is 9.29 Å². The molecule has 4 heterocycles. The molecule has 0 aliphatic carbocycles. The molecule has 3 atom stereocenters. The molecule has 0 unspecified atom stereocenters. The second-order valence-corrected chi connectivity index (χ2v) is 11.2. The predicted octanol–water partition coefficient (Wildman–Crippen LogP) is 3.58. The van der Waals surface area contributed by atoms with Gasteiger partial charge in [0.15, 0.2) is 0 Å². The number of aromatic nitrogens is 2. The van der Waals surface area contributed by atoms with Crippen molar-refractivity contribution < 1.29 is 23.9 Å². The van der Waals surface area contributed by atoms with Crippen molar-refractivity contribution in [2.75, 3.05) is 10.2 Å². The summed E-state index contributed by atoms with van der Waals surface area (Å²) in [4.78, 5) is 58.8.